The summed E-state index contributed by atoms with van der Waals surface area (Å²) < 4.78 is 0. The van der Waals surface area contributed by atoms with Crippen LogP contribution in [0.15, 0.2) is 12.2 Å². The first-order valence-electron chi connectivity index (χ1n) is 10.5. The molecule has 0 unspecified atom stereocenters. The van der Waals surface area contributed by atoms with E-state index < -0.39 is 6.29 Å². The van der Waals surface area contributed by atoms with Gasteiger partial charge in [0.05, 0.1) is 0 Å². The Morgan fingerprint density at radius 3 is 1.60 bits per heavy atom. The van der Waals surface area contributed by atoms with Gasteiger partial charge in [0.2, 0.25) is 0 Å². The molecule has 0 saturated heterocycles. The van der Waals surface area contributed by atoms with Crippen LogP contribution in [0.25, 0.3) is 0 Å². The molecule has 0 amide bonds. The maximum Gasteiger partial charge on any atom is 0.164 e. The number of hydrogen-bond acceptors (Lipinski definition) is 3. The molecule has 0 aliphatic heterocycles. The number of aliphatic hydroxyl groups excluding tert-OH is 1. The molecular formula is C22H47NO2. The average Bonchev–Trinajstić information content (AvgIpc) is 2.56. The van der Waals surface area contributed by atoms with Gasteiger partial charge in [0.25, 0.3) is 0 Å². The summed E-state index contributed by atoms with van der Waals surface area (Å²) >= 11 is 0. The molecule has 0 spiro atoms. The minimum absolute atomic E-state index is 0. The number of rotatable bonds is 19. The SMILES string of the molecule is C.CCCCCCCC/C=C\CCCCCCCCCNCC(O)O. The number of hydrogen-bond donors (Lipinski definition) is 3. The minimum atomic E-state index is -1.22. The highest BCUT2D eigenvalue weighted by Gasteiger charge is 1.95. The number of nitrogens with one attached hydrogen (secondary N) is 1. The van der Waals surface area contributed by atoms with Crippen molar-refractivity contribution in [3.05, 3.63) is 12.2 Å². The van der Waals surface area contributed by atoms with Crippen LogP contribution < -0.4 is 5.32 Å². The van der Waals surface area contributed by atoms with E-state index in [9.17, 15) is 0 Å². The van der Waals surface area contributed by atoms with Crippen molar-refractivity contribution in [2.75, 3.05) is 13.1 Å². The van der Waals surface area contributed by atoms with Gasteiger partial charge < -0.3 is 15.5 Å². The summed E-state index contributed by atoms with van der Waals surface area (Å²) in [6.07, 6.45) is 23.5. The Morgan fingerprint density at radius 2 is 1.12 bits per heavy atom. The minimum Gasteiger partial charge on any atom is -0.367 e. The highest BCUT2D eigenvalue weighted by atomic mass is 16.5. The summed E-state index contributed by atoms with van der Waals surface area (Å²) in [7, 11) is 0. The second-order valence-corrected chi connectivity index (χ2v) is 6.98. The molecule has 0 saturated carbocycles. The predicted molar refractivity (Wildman–Crippen MR) is 112 cm³/mol. The van der Waals surface area contributed by atoms with E-state index in [1.54, 1.807) is 0 Å². The van der Waals surface area contributed by atoms with Gasteiger partial charge in [-0.15, -0.1) is 0 Å². The van der Waals surface area contributed by atoms with E-state index in [1.165, 1.54) is 89.9 Å². The lowest BCUT2D eigenvalue weighted by Crippen LogP contribution is -2.26. The molecule has 152 valence electrons. The van der Waals surface area contributed by atoms with Crippen molar-refractivity contribution < 1.29 is 10.2 Å². The van der Waals surface area contributed by atoms with Crippen LogP contribution in [0.5, 0.6) is 0 Å². The lowest BCUT2D eigenvalue weighted by molar-refractivity contribution is -0.0370. The molecule has 0 radical (unpaired) electrons. The number of unbranched alkanes of at least 4 members (excludes halogenated alkanes) is 13. The first kappa shape index (κ1) is 26.8. The average molecular weight is 358 g/mol. The molecule has 3 nitrogen and oxygen atoms in total. The van der Waals surface area contributed by atoms with Gasteiger partial charge in [-0.2, -0.15) is 0 Å². The molecule has 3 N–H and O–H groups in total. The van der Waals surface area contributed by atoms with Crippen LogP contribution in [-0.4, -0.2) is 29.6 Å². The first-order chi connectivity index (χ1) is 11.8. The van der Waals surface area contributed by atoms with Gasteiger partial charge in [-0.3, -0.25) is 0 Å². The molecular weight excluding hydrogens is 310 g/mol. The molecule has 0 bridgehead atoms. The monoisotopic (exact) mass is 357 g/mol. The van der Waals surface area contributed by atoms with Gasteiger partial charge in [-0.1, -0.05) is 90.7 Å². The Kier molecular flexibility index (Phi) is 25.4. The fraction of sp³-hybridized carbons (Fsp3) is 0.909. The zero-order valence-electron chi connectivity index (χ0n) is 16.1. The van der Waals surface area contributed by atoms with E-state index in [0.29, 0.717) is 0 Å². The Bertz CT molecular complexity index is 254. The van der Waals surface area contributed by atoms with E-state index in [1.807, 2.05) is 0 Å². The highest BCUT2D eigenvalue weighted by Crippen LogP contribution is 2.10. The van der Waals surface area contributed by atoms with E-state index in [2.05, 4.69) is 24.4 Å². The zero-order valence-corrected chi connectivity index (χ0v) is 16.1. The Labute approximate surface area is 158 Å². The van der Waals surface area contributed by atoms with Crippen molar-refractivity contribution >= 4 is 0 Å². The summed E-state index contributed by atoms with van der Waals surface area (Å²) in [6.45, 7) is 3.45. The second-order valence-electron chi connectivity index (χ2n) is 6.98. The van der Waals surface area contributed by atoms with Gasteiger partial charge in [0.1, 0.15) is 0 Å². The summed E-state index contributed by atoms with van der Waals surface area (Å²) in [5.41, 5.74) is 0. The third-order valence-corrected chi connectivity index (χ3v) is 4.44. The summed E-state index contributed by atoms with van der Waals surface area (Å²) in [5, 5.41) is 20.4. The maximum atomic E-state index is 8.68. The highest BCUT2D eigenvalue weighted by molar-refractivity contribution is 4.81. The fourth-order valence-corrected chi connectivity index (χ4v) is 2.91. The van der Waals surface area contributed by atoms with Crippen LogP contribution in [0.3, 0.4) is 0 Å². The van der Waals surface area contributed by atoms with E-state index in [4.69, 9.17) is 10.2 Å². The van der Waals surface area contributed by atoms with Gasteiger partial charge in [-0.05, 0) is 38.6 Å². The summed E-state index contributed by atoms with van der Waals surface area (Å²) in [4.78, 5) is 0. The molecule has 0 rings (SSSR count). The molecule has 0 atom stereocenters. The molecule has 0 aliphatic carbocycles. The van der Waals surface area contributed by atoms with E-state index in [0.717, 1.165) is 13.0 Å². The molecule has 25 heavy (non-hydrogen) atoms. The standard InChI is InChI=1S/C21H43NO2.CH4/c1-2-3-4-5-6-7-8-9-10-11-12-13-14-15-16-17-18-19-22-20-21(23)24;/h9-10,21-24H,2-8,11-20H2,1H3;1H4/b10-9-;. The van der Waals surface area contributed by atoms with Crippen molar-refractivity contribution in [3.8, 4) is 0 Å². The molecule has 0 aliphatic rings. The predicted octanol–water partition coefficient (Wildman–Crippen LogP) is 5.95. The van der Waals surface area contributed by atoms with Crippen LogP contribution in [0.2, 0.25) is 0 Å². The van der Waals surface area contributed by atoms with Crippen molar-refractivity contribution in [2.24, 2.45) is 0 Å². The van der Waals surface area contributed by atoms with E-state index >= 15 is 0 Å². The van der Waals surface area contributed by atoms with Gasteiger partial charge >= 0.3 is 0 Å². The van der Waals surface area contributed by atoms with Crippen molar-refractivity contribution in [3.63, 3.8) is 0 Å². The molecule has 0 aromatic heterocycles. The lowest BCUT2D eigenvalue weighted by atomic mass is 10.1. The van der Waals surface area contributed by atoms with Gasteiger partial charge in [0.15, 0.2) is 6.29 Å². The van der Waals surface area contributed by atoms with Crippen LogP contribution in [0.1, 0.15) is 111 Å². The quantitative estimate of drug-likeness (QED) is 0.152. The maximum absolute atomic E-state index is 8.68. The van der Waals surface area contributed by atoms with Crippen molar-refractivity contribution in [1.29, 1.82) is 0 Å². The Balaban J connectivity index is 0. The normalized spacial score (nSPS) is 11.4. The molecule has 0 aromatic rings. The van der Waals surface area contributed by atoms with Crippen molar-refractivity contribution in [2.45, 2.75) is 117 Å². The van der Waals surface area contributed by atoms with Crippen LogP contribution in [0, 0.1) is 0 Å². The number of allylic oxidation sites excluding steroid dienone is 2. The molecule has 3 heteroatoms. The smallest absolute Gasteiger partial charge is 0.164 e. The summed E-state index contributed by atoms with van der Waals surface area (Å²) in [6, 6.07) is 0. The third-order valence-electron chi connectivity index (χ3n) is 4.44. The summed E-state index contributed by atoms with van der Waals surface area (Å²) in [5.74, 6) is 0. The zero-order chi connectivity index (χ0) is 17.7. The van der Waals surface area contributed by atoms with Gasteiger partial charge in [-0.25, -0.2) is 0 Å². The van der Waals surface area contributed by atoms with Gasteiger partial charge in [0, 0.05) is 6.54 Å². The lowest BCUT2D eigenvalue weighted by Gasteiger charge is -2.05. The van der Waals surface area contributed by atoms with Crippen LogP contribution in [-0.2, 0) is 0 Å². The first-order valence-corrected chi connectivity index (χ1v) is 10.5. The van der Waals surface area contributed by atoms with Crippen LogP contribution in [0.4, 0.5) is 0 Å². The largest absolute Gasteiger partial charge is 0.367 e. The number of aliphatic hydroxyl groups is 2. The fourth-order valence-electron chi connectivity index (χ4n) is 2.91. The Hall–Kier alpha value is -0.380. The molecule has 0 heterocycles. The molecule has 0 aromatic carbocycles. The second kappa shape index (κ2) is 23.6. The topological polar surface area (TPSA) is 52.5 Å². The van der Waals surface area contributed by atoms with Crippen LogP contribution >= 0.6 is 0 Å². The molecule has 0 fully saturated rings. The third kappa shape index (κ3) is 26.0. The van der Waals surface area contributed by atoms with E-state index in [-0.39, 0.29) is 14.0 Å². The Morgan fingerprint density at radius 1 is 0.680 bits per heavy atom. The van der Waals surface area contributed by atoms with Crippen molar-refractivity contribution in [1.82, 2.24) is 5.32 Å².